The third-order valence-corrected chi connectivity index (χ3v) is 6.84. The number of sulfonamides is 1. The van der Waals surface area contributed by atoms with Crippen LogP contribution >= 0.6 is 0 Å². The lowest BCUT2D eigenvalue weighted by Crippen LogP contribution is -2.48. The first-order valence-electron chi connectivity index (χ1n) is 9.32. The van der Waals surface area contributed by atoms with Gasteiger partial charge in [-0.1, -0.05) is 12.1 Å². The van der Waals surface area contributed by atoms with Crippen LogP contribution in [0.1, 0.15) is 44.8 Å². The van der Waals surface area contributed by atoms with Crippen LogP contribution in [0, 0.1) is 0 Å². The summed E-state index contributed by atoms with van der Waals surface area (Å²) in [4.78, 5) is 14.3. The molecule has 2 N–H and O–H groups in total. The van der Waals surface area contributed by atoms with Crippen LogP contribution in [0.3, 0.4) is 0 Å². The summed E-state index contributed by atoms with van der Waals surface area (Å²) < 4.78 is 32.2. The molecule has 1 aromatic carbocycles. The first-order valence-corrected chi connectivity index (χ1v) is 10.9. The van der Waals surface area contributed by atoms with E-state index >= 15 is 0 Å². The highest BCUT2D eigenvalue weighted by Crippen LogP contribution is 2.28. The van der Waals surface area contributed by atoms with Gasteiger partial charge in [-0.2, -0.15) is 0 Å². The number of anilines is 1. The van der Waals surface area contributed by atoms with E-state index in [4.69, 9.17) is 4.74 Å². The van der Waals surface area contributed by atoms with Crippen molar-refractivity contribution < 1.29 is 17.9 Å². The van der Waals surface area contributed by atoms with Crippen LogP contribution in [-0.2, 0) is 14.8 Å². The predicted octanol–water partition coefficient (Wildman–Crippen LogP) is 2.99. The molecular weight excluding hydrogens is 366 g/mol. The minimum atomic E-state index is -3.28. The molecule has 1 atom stereocenters. The number of carbonyl (C=O) groups excluding carboxylic acids is 1. The Hall–Kier alpha value is -2.06. The summed E-state index contributed by atoms with van der Waals surface area (Å²) in [7, 11) is -3.28. The Labute approximate surface area is 160 Å². The maximum absolute atomic E-state index is 12.5. The molecule has 0 aromatic heterocycles. The van der Waals surface area contributed by atoms with Crippen LogP contribution in [0.5, 0.6) is 0 Å². The van der Waals surface area contributed by atoms with Gasteiger partial charge in [-0.3, -0.25) is 0 Å². The first-order chi connectivity index (χ1) is 12.8. The normalized spacial score (nSPS) is 20.7. The third-order valence-electron chi connectivity index (χ3n) is 4.93. The number of carbonyl (C=O) groups is 1. The van der Waals surface area contributed by atoms with Crippen molar-refractivity contribution in [3.63, 3.8) is 0 Å². The number of urea groups is 1. The van der Waals surface area contributed by atoms with Crippen LogP contribution in [0.4, 0.5) is 10.5 Å². The number of piperidine rings is 1. The van der Waals surface area contributed by atoms with Crippen molar-refractivity contribution >= 4 is 21.7 Å². The van der Waals surface area contributed by atoms with E-state index in [-0.39, 0.29) is 18.2 Å². The van der Waals surface area contributed by atoms with Gasteiger partial charge in [0.15, 0.2) is 0 Å². The van der Waals surface area contributed by atoms with Gasteiger partial charge in [0.25, 0.3) is 0 Å². The SMILES string of the molecule is CC(C)S(=O)(=O)NC1CCN(C(=O)Nc2cccc(C3CC=CO3)c2)CC1. The molecule has 0 saturated carbocycles. The summed E-state index contributed by atoms with van der Waals surface area (Å²) in [6.45, 7) is 4.36. The lowest BCUT2D eigenvalue weighted by atomic mass is 10.1. The summed E-state index contributed by atoms with van der Waals surface area (Å²) in [5.41, 5.74) is 1.76. The van der Waals surface area contributed by atoms with Crippen LogP contribution in [0.2, 0.25) is 0 Å². The van der Waals surface area contributed by atoms with Crippen molar-refractivity contribution in [2.75, 3.05) is 18.4 Å². The molecule has 148 valence electrons. The molecule has 1 saturated heterocycles. The summed E-state index contributed by atoms with van der Waals surface area (Å²) in [5, 5.41) is 2.48. The second kappa shape index (κ2) is 8.31. The highest BCUT2D eigenvalue weighted by molar-refractivity contribution is 7.90. The first kappa shape index (κ1) is 19.7. The molecule has 7 nitrogen and oxygen atoms in total. The van der Waals surface area contributed by atoms with E-state index in [0.717, 1.165) is 17.7 Å². The van der Waals surface area contributed by atoms with Crippen molar-refractivity contribution in [1.82, 2.24) is 9.62 Å². The van der Waals surface area contributed by atoms with Gasteiger partial charge >= 0.3 is 6.03 Å². The van der Waals surface area contributed by atoms with Gasteiger partial charge in [0.2, 0.25) is 10.0 Å². The van der Waals surface area contributed by atoms with Crippen LogP contribution < -0.4 is 10.0 Å². The molecule has 1 fully saturated rings. The Bertz CT molecular complexity index is 791. The molecule has 2 aliphatic rings. The smallest absolute Gasteiger partial charge is 0.321 e. The van der Waals surface area contributed by atoms with E-state index < -0.39 is 15.3 Å². The van der Waals surface area contributed by atoms with Crippen LogP contribution in [0.25, 0.3) is 0 Å². The second-order valence-electron chi connectivity index (χ2n) is 7.26. The molecule has 8 heteroatoms. The summed E-state index contributed by atoms with van der Waals surface area (Å²) in [6.07, 6.45) is 5.74. The van der Waals surface area contributed by atoms with Gasteiger partial charge in [-0.25, -0.2) is 17.9 Å². The molecule has 27 heavy (non-hydrogen) atoms. The predicted molar refractivity (Wildman–Crippen MR) is 105 cm³/mol. The Morgan fingerprint density at radius 2 is 2.00 bits per heavy atom. The lowest BCUT2D eigenvalue weighted by Gasteiger charge is -2.32. The Kier molecular flexibility index (Phi) is 6.06. The maximum atomic E-state index is 12.5. The molecule has 0 bridgehead atoms. The molecule has 1 aromatic rings. The summed E-state index contributed by atoms with van der Waals surface area (Å²) >= 11 is 0. The van der Waals surface area contributed by atoms with Gasteiger partial charge in [-0.05, 0) is 50.5 Å². The minimum Gasteiger partial charge on any atom is -0.493 e. The van der Waals surface area contributed by atoms with Crippen LogP contribution in [-0.4, -0.2) is 43.7 Å². The molecule has 0 spiro atoms. The maximum Gasteiger partial charge on any atom is 0.321 e. The fourth-order valence-corrected chi connectivity index (χ4v) is 4.16. The van der Waals surface area contributed by atoms with E-state index in [0.29, 0.717) is 25.9 Å². The van der Waals surface area contributed by atoms with Crippen molar-refractivity contribution in [2.24, 2.45) is 0 Å². The summed E-state index contributed by atoms with van der Waals surface area (Å²) in [5.74, 6) is 0. The standard InChI is InChI=1S/C19H27N3O4S/c1-14(2)27(24,25)21-16-8-10-22(11-9-16)19(23)20-17-6-3-5-15(13-17)18-7-4-12-26-18/h3-6,12-14,16,18,21H,7-11H2,1-2H3,(H,20,23). The van der Waals surface area contributed by atoms with Gasteiger partial charge in [-0.15, -0.1) is 0 Å². The van der Waals surface area contributed by atoms with E-state index in [1.54, 1.807) is 25.0 Å². The minimum absolute atomic E-state index is 0.00609. The Morgan fingerprint density at radius 3 is 2.63 bits per heavy atom. The average Bonchev–Trinajstić information content (AvgIpc) is 3.17. The van der Waals surface area contributed by atoms with Gasteiger partial charge < -0.3 is 15.0 Å². The lowest BCUT2D eigenvalue weighted by molar-refractivity contribution is 0.173. The Morgan fingerprint density at radius 1 is 1.26 bits per heavy atom. The largest absolute Gasteiger partial charge is 0.493 e. The quantitative estimate of drug-likeness (QED) is 0.805. The average molecular weight is 394 g/mol. The number of nitrogens with zero attached hydrogens (tertiary/aromatic N) is 1. The molecular formula is C19H27N3O4S. The van der Waals surface area contributed by atoms with E-state index in [2.05, 4.69) is 10.0 Å². The van der Waals surface area contributed by atoms with Crippen molar-refractivity contribution in [1.29, 1.82) is 0 Å². The molecule has 2 amide bonds. The number of hydrogen-bond donors (Lipinski definition) is 2. The highest BCUT2D eigenvalue weighted by Gasteiger charge is 2.27. The van der Waals surface area contributed by atoms with E-state index in [1.165, 1.54) is 0 Å². The van der Waals surface area contributed by atoms with Gasteiger partial charge in [0.05, 0.1) is 11.5 Å². The zero-order chi connectivity index (χ0) is 19.4. The zero-order valence-electron chi connectivity index (χ0n) is 15.7. The van der Waals surface area contributed by atoms with E-state index in [1.807, 2.05) is 30.3 Å². The van der Waals surface area contributed by atoms with Crippen molar-refractivity contribution in [3.8, 4) is 0 Å². The molecule has 2 heterocycles. The molecule has 0 aliphatic carbocycles. The molecule has 1 unspecified atom stereocenters. The van der Waals surface area contributed by atoms with Crippen molar-refractivity contribution in [2.45, 2.75) is 50.5 Å². The van der Waals surface area contributed by atoms with Gasteiger partial charge in [0.1, 0.15) is 6.10 Å². The number of benzene rings is 1. The summed E-state index contributed by atoms with van der Waals surface area (Å²) in [6, 6.07) is 7.39. The van der Waals surface area contributed by atoms with E-state index in [9.17, 15) is 13.2 Å². The highest BCUT2D eigenvalue weighted by atomic mass is 32.2. The van der Waals surface area contributed by atoms with Crippen molar-refractivity contribution in [3.05, 3.63) is 42.2 Å². The fourth-order valence-electron chi connectivity index (χ4n) is 3.19. The van der Waals surface area contributed by atoms with Crippen LogP contribution in [0.15, 0.2) is 36.6 Å². The topological polar surface area (TPSA) is 87.7 Å². The molecule has 3 rings (SSSR count). The number of likely N-dealkylation sites (tertiary alicyclic amines) is 1. The zero-order valence-corrected chi connectivity index (χ0v) is 16.5. The molecule has 0 radical (unpaired) electrons. The molecule has 2 aliphatic heterocycles. The number of amides is 2. The number of rotatable bonds is 5. The third kappa shape index (κ3) is 5.01. The fraction of sp³-hybridized carbons (Fsp3) is 0.526. The number of nitrogens with one attached hydrogen (secondary N) is 2. The second-order valence-corrected chi connectivity index (χ2v) is 9.53. The number of hydrogen-bond acceptors (Lipinski definition) is 4. The number of ether oxygens (including phenoxy) is 1. The Balaban J connectivity index is 1.52. The van der Waals surface area contributed by atoms with Gasteiger partial charge in [0, 0.05) is 31.2 Å². The monoisotopic (exact) mass is 393 g/mol.